The monoisotopic (exact) mass is 353 g/mol. The number of nitrogens with one attached hydrogen (secondary N) is 2. The van der Waals surface area contributed by atoms with Crippen molar-refractivity contribution in [3.05, 3.63) is 20.8 Å². The molecule has 0 aliphatic heterocycles. The number of unbranched alkanes of at least 4 members (excludes halogenated alkanes) is 1. The van der Waals surface area contributed by atoms with Gasteiger partial charge >= 0.3 is 5.69 Å². The zero-order valence-electron chi connectivity index (χ0n) is 15.7. The minimum atomic E-state index is -0.563. The average Bonchev–Trinajstić information content (AvgIpc) is 2.53. The Morgan fingerprint density at radius 2 is 1.96 bits per heavy atom. The zero-order valence-corrected chi connectivity index (χ0v) is 15.7. The number of likely N-dealkylation sites (N-methyl/N-ethyl adjacent to an activating group) is 1. The number of hydrogen-bond donors (Lipinski definition) is 3. The van der Waals surface area contributed by atoms with Crippen LogP contribution in [0.25, 0.3) is 0 Å². The van der Waals surface area contributed by atoms with Crippen molar-refractivity contribution in [1.29, 1.82) is 0 Å². The Morgan fingerprint density at radius 1 is 1.28 bits per heavy atom. The Kier molecular flexibility index (Phi) is 8.24. The zero-order chi connectivity index (χ0) is 19.0. The maximum Gasteiger partial charge on any atom is 0.330 e. The van der Waals surface area contributed by atoms with Gasteiger partial charge in [-0.1, -0.05) is 26.7 Å². The summed E-state index contributed by atoms with van der Waals surface area (Å²) in [5.41, 5.74) is 5.19. The van der Waals surface area contributed by atoms with Gasteiger partial charge in [0.15, 0.2) is 0 Å². The molecule has 0 fully saturated rings. The topological polar surface area (TPSA) is 113 Å². The number of hydrogen-bond acceptors (Lipinski definition) is 5. The minimum Gasteiger partial charge on any atom is -0.383 e. The van der Waals surface area contributed by atoms with Crippen molar-refractivity contribution in [2.45, 2.75) is 66.0 Å². The van der Waals surface area contributed by atoms with Gasteiger partial charge in [0.05, 0.1) is 6.54 Å². The summed E-state index contributed by atoms with van der Waals surface area (Å²) in [5.74, 6) is -0.0636. The third-order valence-corrected chi connectivity index (χ3v) is 4.11. The molecule has 25 heavy (non-hydrogen) atoms. The minimum absolute atomic E-state index is 0.0177. The van der Waals surface area contributed by atoms with Gasteiger partial charge in [-0.25, -0.2) is 4.79 Å². The highest BCUT2D eigenvalue weighted by atomic mass is 16.2. The van der Waals surface area contributed by atoms with Crippen LogP contribution in [-0.4, -0.2) is 34.6 Å². The summed E-state index contributed by atoms with van der Waals surface area (Å²) in [5, 5.41) is 2.91. The van der Waals surface area contributed by atoms with Crippen molar-refractivity contribution in [3.8, 4) is 0 Å². The number of H-pyrrole nitrogens is 1. The average molecular weight is 353 g/mol. The summed E-state index contributed by atoms with van der Waals surface area (Å²) in [7, 11) is 0. The molecule has 8 heteroatoms. The van der Waals surface area contributed by atoms with Crippen LogP contribution in [0, 0.1) is 0 Å². The number of nitrogens with zero attached hydrogens (tertiary/aromatic N) is 2. The second-order valence-corrected chi connectivity index (χ2v) is 6.27. The van der Waals surface area contributed by atoms with E-state index >= 15 is 0 Å². The highest BCUT2D eigenvalue weighted by Gasteiger charge is 2.20. The summed E-state index contributed by atoms with van der Waals surface area (Å²) in [6.45, 7) is 8.72. The Morgan fingerprint density at radius 3 is 2.52 bits per heavy atom. The van der Waals surface area contributed by atoms with Crippen LogP contribution in [0.1, 0.15) is 53.4 Å². The van der Waals surface area contributed by atoms with Crippen LogP contribution >= 0.6 is 0 Å². The van der Waals surface area contributed by atoms with Crippen molar-refractivity contribution in [2.24, 2.45) is 0 Å². The molecule has 1 atom stereocenters. The lowest BCUT2D eigenvalue weighted by molar-refractivity contribution is -0.120. The summed E-state index contributed by atoms with van der Waals surface area (Å²) in [6, 6.07) is 0.0744. The third-order valence-electron chi connectivity index (χ3n) is 4.11. The molecule has 0 spiro atoms. The molecule has 4 N–H and O–H groups in total. The van der Waals surface area contributed by atoms with Gasteiger partial charge in [-0.2, -0.15) is 0 Å². The van der Waals surface area contributed by atoms with Crippen molar-refractivity contribution in [2.75, 3.05) is 23.7 Å². The standard InChI is InChI=1S/C17H31N5O3/c1-5-8-10-22-15(18)14(16(24)20-17(22)25)21(7-3)11-13(23)19-12(4)9-6-2/h12H,5-11,18H2,1-4H3,(H,19,23)(H,20,24,25)/t12-/m1/s1. The predicted octanol–water partition coefficient (Wildman–Crippen LogP) is 1.05. The maximum atomic E-state index is 12.3. The molecule has 0 aromatic carbocycles. The van der Waals surface area contributed by atoms with Crippen LogP contribution in [-0.2, 0) is 11.3 Å². The Hall–Kier alpha value is -2.25. The Bertz CT molecular complexity index is 680. The molecule has 1 heterocycles. The van der Waals surface area contributed by atoms with Crippen molar-refractivity contribution >= 4 is 17.4 Å². The number of carbonyl (C=O) groups is 1. The van der Waals surface area contributed by atoms with E-state index < -0.39 is 11.2 Å². The maximum absolute atomic E-state index is 12.3. The first-order chi connectivity index (χ1) is 11.8. The number of aromatic amines is 1. The van der Waals surface area contributed by atoms with Gasteiger partial charge in [0.1, 0.15) is 11.5 Å². The molecular formula is C17H31N5O3. The number of nitrogens with two attached hydrogens (primary N) is 1. The lowest BCUT2D eigenvalue weighted by atomic mass is 10.2. The molecule has 0 saturated carbocycles. The molecular weight excluding hydrogens is 322 g/mol. The number of anilines is 2. The predicted molar refractivity (Wildman–Crippen MR) is 101 cm³/mol. The van der Waals surface area contributed by atoms with E-state index in [2.05, 4.69) is 17.2 Å². The molecule has 0 radical (unpaired) electrons. The first-order valence-electron chi connectivity index (χ1n) is 9.02. The van der Waals surface area contributed by atoms with E-state index in [-0.39, 0.29) is 30.0 Å². The molecule has 142 valence electrons. The first-order valence-corrected chi connectivity index (χ1v) is 9.02. The molecule has 0 saturated heterocycles. The third kappa shape index (κ3) is 5.65. The fourth-order valence-electron chi connectivity index (χ4n) is 2.77. The SMILES string of the molecule is CCCCn1c(N)c(N(CC)CC(=O)N[C@H](C)CCC)c(=O)[nH]c1=O. The highest BCUT2D eigenvalue weighted by Crippen LogP contribution is 2.16. The fraction of sp³-hybridized carbons (Fsp3) is 0.706. The molecule has 1 aromatic rings. The van der Waals surface area contributed by atoms with E-state index in [1.165, 1.54) is 4.57 Å². The van der Waals surface area contributed by atoms with E-state index in [0.717, 1.165) is 25.7 Å². The van der Waals surface area contributed by atoms with Crippen LogP contribution in [0.2, 0.25) is 0 Å². The molecule has 0 aliphatic carbocycles. The number of carbonyl (C=O) groups excluding carboxylic acids is 1. The van der Waals surface area contributed by atoms with E-state index in [1.54, 1.807) is 4.90 Å². The van der Waals surface area contributed by atoms with Crippen molar-refractivity contribution in [1.82, 2.24) is 14.9 Å². The van der Waals surface area contributed by atoms with Gasteiger partial charge in [0, 0.05) is 19.1 Å². The van der Waals surface area contributed by atoms with E-state index in [9.17, 15) is 14.4 Å². The smallest absolute Gasteiger partial charge is 0.330 e. The normalized spacial score (nSPS) is 12.0. The Labute approximate surface area is 148 Å². The van der Waals surface area contributed by atoms with Gasteiger partial charge < -0.3 is 16.0 Å². The number of nitrogen functional groups attached to an aromatic ring is 1. The van der Waals surface area contributed by atoms with Crippen LogP contribution in [0.3, 0.4) is 0 Å². The van der Waals surface area contributed by atoms with Crippen molar-refractivity contribution < 1.29 is 4.79 Å². The molecule has 0 aliphatic rings. The van der Waals surface area contributed by atoms with Gasteiger partial charge in [0.25, 0.3) is 5.56 Å². The van der Waals surface area contributed by atoms with E-state index in [0.29, 0.717) is 13.1 Å². The van der Waals surface area contributed by atoms with Crippen LogP contribution in [0.5, 0.6) is 0 Å². The number of rotatable bonds is 10. The quantitative estimate of drug-likeness (QED) is 0.582. The van der Waals surface area contributed by atoms with Crippen molar-refractivity contribution in [3.63, 3.8) is 0 Å². The van der Waals surface area contributed by atoms with Gasteiger partial charge in [-0.3, -0.25) is 19.1 Å². The van der Waals surface area contributed by atoms with Crippen LogP contribution in [0.4, 0.5) is 11.5 Å². The fourth-order valence-corrected chi connectivity index (χ4v) is 2.77. The van der Waals surface area contributed by atoms with Gasteiger partial charge in [-0.15, -0.1) is 0 Å². The lowest BCUT2D eigenvalue weighted by Crippen LogP contribution is -2.44. The summed E-state index contributed by atoms with van der Waals surface area (Å²) in [6.07, 6.45) is 3.54. The Balaban J connectivity index is 3.08. The molecule has 1 aromatic heterocycles. The second-order valence-electron chi connectivity index (χ2n) is 6.27. The van der Waals surface area contributed by atoms with Gasteiger partial charge in [0.2, 0.25) is 5.91 Å². The molecule has 8 nitrogen and oxygen atoms in total. The van der Waals surface area contributed by atoms with Crippen LogP contribution < -0.4 is 27.2 Å². The molecule has 1 rings (SSSR count). The summed E-state index contributed by atoms with van der Waals surface area (Å²) >= 11 is 0. The highest BCUT2D eigenvalue weighted by molar-refractivity contribution is 5.82. The summed E-state index contributed by atoms with van der Waals surface area (Å²) in [4.78, 5) is 40.4. The van der Waals surface area contributed by atoms with Gasteiger partial charge in [-0.05, 0) is 26.7 Å². The molecule has 1 amide bonds. The van der Waals surface area contributed by atoms with E-state index in [1.807, 2.05) is 20.8 Å². The second kappa shape index (κ2) is 9.90. The lowest BCUT2D eigenvalue weighted by Gasteiger charge is -2.25. The van der Waals surface area contributed by atoms with Crippen LogP contribution in [0.15, 0.2) is 9.59 Å². The first kappa shape index (κ1) is 20.8. The molecule has 0 bridgehead atoms. The molecule has 0 unspecified atom stereocenters. The van der Waals surface area contributed by atoms with E-state index in [4.69, 9.17) is 5.73 Å². The largest absolute Gasteiger partial charge is 0.383 e. The number of amides is 1. The summed E-state index contributed by atoms with van der Waals surface area (Å²) < 4.78 is 1.36. The number of aromatic nitrogens is 2.